The normalized spacial score (nSPS) is 11.4. The van der Waals surface area contributed by atoms with E-state index in [1.165, 1.54) is 12.1 Å². The Balaban J connectivity index is 2.20. The van der Waals surface area contributed by atoms with Gasteiger partial charge < -0.3 is 5.73 Å². The van der Waals surface area contributed by atoms with Gasteiger partial charge in [0.25, 0.3) is 0 Å². The van der Waals surface area contributed by atoms with Crippen molar-refractivity contribution in [2.24, 2.45) is 5.73 Å². The molecule has 3 nitrogen and oxygen atoms in total. The summed E-state index contributed by atoms with van der Waals surface area (Å²) in [5, 5.41) is 8.04. The lowest BCUT2D eigenvalue weighted by Crippen LogP contribution is -2.10. The molecular weight excluding hydrogens is 323 g/mol. The lowest BCUT2D eigenvalue weighted by atomic mass is 10.2. The van der Waals surface area contributed by atoms with Gasteiger partial charge in [0.15, 0.2) is 0 Å². The summed E-state index contributed by atoms with van der Waals surface area (Å²) < 4.78 is 37.3. The Morgan fingerprint density at radius 1 is 1.24 bits per heavy atom. The molecule has 0 spiro atoms. The molecule has 0 radical (unpaired) electrons. The van der Waals surface area contributed by atoms with Gasteiger partial charge in [-0.1, -0.05) is 29.4 Å². The number of nitrogens with two attached hydrogens (primary N) is 1. The molecule has 0 aliphatic heterocycles. The number of nitrogen functional groups attached to an aromatic ring is 1. The summed E-state index contributed by atoms with van der Waals surface area (Å²) in [7, 11) is 0. The molecule has 0 unspecified atom stereocenters. The third-order valence-corrected chi connectivity index (χ3v) is 3.97. The fourth-order valence-electron chi connectivity index (χ4n) is 1.47. The molecule has 0 bridgehead atoms. The molecule has 21 heavy (non-hydrogen) atoms. The van der Waals surface area contributed by atoms with E-state index in [1.807, 2.05) is 0 Å². The molecule has 0 amide bonds. The van der Waals surface area contributed by atoms with E-state index < -0.39 is 11.7 Å². The summed E-state index contributed by atoms with van der Waals surface area (Å²) in [6.45, 7) is 0. The second-order valence-electron chi connectivity index (χ2n) is 4.04. The molecule has 0 atom stereocenters. The third kappa shape index (κ3) is 3.89. The maximum Gasteiger partial charge on any atom is 0.417 e. The number of benzene rings is 1. The SMILES string of the molecule is N=C(N)c1ccc(Sc2ccc(C(F)(F)F)cn2)c(Cl)c1. The molecule has 0 saturated heterocycles. The largest absolute Gasteiger partial charge is 0.417 e. The second kappa shape index (κ2) is 5.95. The topological polar surface area (TPSA) is 62.8 Å². The summed E-state index contributed by atoms with van der Waals surface area (Å²) >= 11 is 7.18. The highest BCUT2D eigenvalue weighted by atomic mass is 35.5. The first-order chi connectivity index (χ1) is 9.77. The standard InChI is InChI=1S/C13H9ClF3N3S/c14-9-5-7(12(18)19)1-3-10(9)21-11-4-2-8(6-20-11)13(15,16)17/h1-6H,(H3,18,19). The van der Waals surface area contributed by atoms with Gasteiger partial charge in [0.05, 0.1) is 10.6 Å². The summed E-state index contributed by atoms with van der Waals surface area (Å²) in [5.74, 6) is -0.110. The van der Waals surface area contributed by atoms with Crippen molar-refractivity contribution in [3.8, 4) is 0 Å². The quantitative estimate of drug-likeness (QED) is 0.655. The Morgan fingerprint density at radius 3 is 2.43 bits per heavy atom. The fourth-order valence-corrected chi connectivity index (χ4v) is 2.53. The van der Waals surface area contributed by atoms with E-state index in [0.717, 1.165) is 24.0 Å². The molecule has 1 aromatic heterocycles. The van der Waals surface area contributed by atoms with Gasteiger partial charge in [0.2, 0.25) is 0 Å². The molecule has 0 aliphatic carbocycles. The molecule has 110 valence electrons. The molecule has 8 heteroatoms. The Bertz CT molecular complexity index is 671. The van der Waals surface area contributed by atoms with E-state index >= 15 is 0 Å². The van der Waals surface area contributed by atoms with Crippen LogP contribution in [0.4, 0.5) is 13.2 Å². The molecule has 0 aliphatic rings. The minimum atomic E-state index is -4.41. The van der Waals surface area contributed by atoms with E-state index in [1.54, 1.807) is 12.1 Å². The van der Waals surface area contributed by atoms with Crippen LogP contribution in [-0.2, 0) is 6.18 Å². The van der Waals surface area contributed by atoms with Gasteiger partial charge in [-0.25, -0.2) is 4.98 Å². The van der Waals surface area contributed by atoms with E-state index in [0.29, 0.717) is 20.5 Å². The predicted octanol–water partition coefficient (Wildman–Crippen LogP) is 4.19. The molecule has 0 saturated carbocycles. The highest BCUT2D eigenvalue weighted by Gasteiger charge is 2.30. The van der Waals surface area contributed by atoms with Gasteiger partial charge in [-0.3, -0.25) is 5.41 Å². The van der Waals surface area contributed by atoms with Crippen molar-refractivity contribution in [1.29, 1.82) is 5.41 Å². The molecule has 0 fully saturated rings. The van der Waals surface area contributed by atoms with Crippen LogP contribution in [0.3, 0.4) is 0 Å². The average molecular weight is 332 g/mol. The zero-order valence-corrected chi connectivity index (χ0v) is 12.0. The van der Waals surface area contributed by atoms with Crippen LogP contribution in [0.2, 0.25) is 5.02 Å². The molecule has 1 aromatic carbocycles. The van der Waals surface area contributed by atoms with Crippen molar-refractivity contribution in [2.45, 2.75) is 16.1 Å². The summed E-state index contributed by atoms with van der Waals surface area (Å²) in [6.07, 6.45) is -3.63. The van der Waals surface area contributed by atoms with Gasteiger partial charge in [-0.15, -0.1) is 0 Å². The van der Waals surface area contributed by atoms with Crippen LogP contribution in [0, 0.1) is 5.41 Å². The number of aromatic nitrogens is 1. The van der Waals surface area contributed by atoms with Gasteiger partial charge in [-0.2, -0.15) is 13.2 Å². The van der Waals surface area contributed by atoms with E-state index in [4.69, 9.17) is 22.7 Å². The lowest BCUT2D eigenvalue weighted by molar-refractivity contribution is -0.137. The second-order valence-corrected chi connectivity index (χ2v) is 5.51. The minimum absolute atomic E-state index is 0.110. The monoisotopic (exact) mass is 331 g/mol. The Labute approximate surface area is 127 Å². The summed E-state index contributed by atoms with van der Waals surface area (Å²) in [5.41, 5.74) is 5.02. The van der Waals surface area contributed by atoms with Crippen molar-refractivity contribution in [3.63, 3.8) is 0 Å². The number of nitrogens with zero attached hydrogens (tertiary/aromatic N) is 1. The number of pyridine rings is 1. The number of hydrogen-bond acceptors (Lipinski definition) is 3. The van der Waals surface area contributed by atoms with Gasteiger partial charge >= 0.3 is 6.18 Å². The zero-order chi connectivity index (χ0) is 15.6. The first-order valence-corrected chi connectivity index (χ1v) is 6.82. The minimum Gasteiger partial charge on any atom is -0.384 e. The van der Waals surface area contributed by atoms with Crippen LogP contribution < -0.4 is 5.73 Å². The van der Waals surface area contributed by atoms with Crippen LogP contribution in [0.25, 0.3) is 0 Å². The van der Waals surface area contributed by atoms with Crippen LogP contribution in [0.15, 0.2) is 46.5 Å². The van der Waals surface area contributed by atoms with E-state index in [-0.39, 0.29) is 5.84 Å². The van der Waals surface area contributed by atoms with Gasteiger partial charge in [0, 0.05) is 16.7 Å². The predicted molar refractivity (Wildman–Crippen MR) is 75.8 cm³/mol. The Hall–Kier alpha value is -1.73. The highest BCUT2D eigenvalue weighted by Crippen LogP contribution is 2.34. The number of alkyl halides is 3. The van der Waals surface area contributed by atoms with E-state index in [9.17, 15) is 13.2 Å². The molecular formula is C13H9ClF3N3S. The molecule has 2 aromatic rings. The van der Waals surface area contributed by atoms with Crippen LogP contribution in [0.5, 0.6) is 0 Å². The van der Waals surface area contributed by atoms with E-state index in [2.05, 4.69) is 4.98 Å². The first kappa shape index (κ1) is 15.7. The number of nitrogens with one attached hydrogen (secondary N) is 1. The maximum atomic E-state index is 12.4. The third-order valence-electron chi connectivity index (χ3n) is 2.52. The van der Waals surface area contributed by atoms with Gasteiger partial charge in [-0.05, 0) is 24.3 Å². The van der Waals surface area contributed by atoms with Crippen LogP contribution in [0.1, 0.15) is 11.1 Å². The number of hydrogen-bond donors (Lipinski definition) is 2. The van der Waals surface area contributed by atoms with Crippen molar-refractivity contribution >= 4 is 29.2 Å². The van der Waals surface area contributed by atoms with Crippen molar-refractivity contribution in [1.82, 2.24) is 4.98 Å². The van der Waals surface area contributed by atoms with Gasteiger partial charge in [0.1, 0.15) is 10.9 Å². The maximum absolute atomic E-state index is 12.4. The highest BCUT2D eigenvalue weighted by molar-refractivity contribution is 7.99. The van der Waals surface area contributed by atoms with Crippen molar-refractivity contribution in [3.05, 3.63) is 52.7 Å². The number of halogens is 4. The average Bonchev–Trinajstić information content (AvgIpc) is 2.40. The molecule has 2 rings (SSSR count). The Kier molecular flexibility index (Phi) is 4.43. The smallest absolute Gasteiger partial charge is 0.384 e. The first-order valence-electron chi connectivity index (χ1n) is 5.62. The van der Waals surface area contributed by atoms with Crippen LogP contribution >= 0.6 is 23.4 Å². The fraction of sp³-hybridized carbons (Fsp3) is 0.0769. The zero-order valence-electron chi connectivity index (χ0n) is 10.4. The number of rotatable bonds is 3. The Morgan fingerprint density at radius 2 is 1.95 bits per heavy atom. The van der Waals surface area contributed by atoms with Crippen LogP contribution in [-0.4, -0.2) is 10.8 Å². The van der Waals surface area contributed by atoms with Crippen molar-refractivity contribution in [2.75, 3.05) is 0 Å². The molecule has 1 heterocycles. The lowest BCUT2D eigenvalue weighted by Gasteiger charge is -2.08. The summed E-state index contributed by atoms with van der Waals surface area (Å²) in [4.78, 5) is 4.38. The molecule has 3 N–H and O–H groups in total. The number of amidine groups is 1. The van der Waals surface area contributed by atoms with Crippen molar-refractivity contribution < 1.29 is 13.2 Å². The summed E-state index contributed by atoms with van der Waals surface area (Å²) in [6, 6.07) is 7.02.